The molecule has 2 aromatic rings. The quantitative estimate of drug-likeness (QED) is 0.205. The zero-order valence-corrected chi connectivity index (χ0v) is 32.1. The summed E-state index contributed by atoms with van der Waals surface area (Å²) >= 11 is 0. The molecular formula is C41H59N3O7. The van der Waals surface area contributed by atoms with Gasteiger partial charge in [0.1, 0.15) is 0 Å². The molecule has 3 amide bonds. The molecule has 280 valence electrons. The fourth-order valence-corrected chi connectivity index (χ4v) is 7.58. The van der Waals surface area contributed by atoms with Gasteiger partial charge in [-0.2, -0.15) is 9.59 Å². The minimum atomic E-state index is -0.556. The Kier molecular flexibility index (Phi) is 15.6. The fourth-order valence-electron chi connectivity index (χ4n) is 7.58. The van der Waals surface area contributed by atoms with Gasteiger partial charge >= 0.3 is 6.15 Å². The number of unbranched alkanes of at least 4 members (excludes halogenated alkanes) is 2. The summed E-state index contributed by atoms with van der Waals surface area (Å²) in [5.41, 5.74) is 3.88. The van der Waals surface area contributed by atoms with E-state index in [9.17, 15) is 14.4 Å². The Hall–Kier alpha value is -3.85. The van der Waals surface area contributed by atoms with Gasteiger partial charge in [-0.05, 0) is 109 Å². The van der Waals surface area contributed by atoms with Crippen molar-refractivity contribution in [2.75, 3.05) is 50.3 Å². The number of ether oxygens (including phenoxy) is 2. The maximum Gasteiger partial charge on any atom is 0.373 e. The number of benzene rings is 2. The molecule has 0 bridgehead atoms. The second kappa shape index (κ2) is 19.1. The molecule has 10 heteroatoms. The molecule has 0 aromatic heterocycles. The van der Waals surface area contributed by atoms with E-state index in [-0.39, 0.29) is 29.9 Å². The number of carbonyl (C=O) groups is 3. The fraction of sp³-hybridized carbons (Fsp3) is 0.610. The highest BCUT2D eigenvalue weighted by Crippen LogP contribution is 2.43. The van der Waals surface area contributed by atoms with Crippen LogP contribution >= 0.6 is 0 Å². The van der Waals surface area contributed by atoms with Crippen LogP contribution < -0.4 is 9.80 Å². The molecule has 2 aromatic carbocycles. The summed E-state index contributed by atoms with van der Waals surface area (Å²) in [5.74, 6) is 0.421. The van der Waals surface area contributed by atoms with Crippen LogP contribution in [0.5, 0.6) is 0 Å². The molecule has 0 saturated heterocycles. The first-order valence-electron chi connectivity index (χ1n) is 18.5. The highest BCUT2D eigenvalue weighted by Gasteiger charge is 2.45. The Morgan fingerprint density at radius 2 is 1.27 bits per heavy atom. The van der Waals surface area contributed by atoms with Crippen molar-refractivity contribution in [3.8, 4) is 0 Å². The smallest absolute Gasteiger partial charge is 0.373 e. The Morgan fingerprint density at radius 1 is 0.784 bits per heavy atom. The highest BCUT2D eigenvalue weighted by molar-refractivity contribution is 6.09. The minimum absolute atomic E-state index is 0.0937. The maximum absolute atomic E-state index is 13.5. The molecule has 51 heavy (non-hydrogen) atoms. The first-order chi connectivity index (χ1) is 24.3. The van der Waals surface area contributed by atoms with Crippen LogP contribution in [0.4, 0.5) is 11.4 Å². The van der Waals surface area contributed by atoms with E-state index in [0.717, 1.165) is 74.2 Å². The van der Waals surface area contributed by atoms with Gasteiger partial charge in [0, 0.05) is 69.5 Å². The van der Waals surface area contributed by atoms with Crippen LogP contribution in [0.25, 0.3) is 0 Å². The summed E-state index contributed by atoms with van der Waals surface area (Å²) in [5, 5.41) is 0. The molecule has 0 N–H and O–H groups in total. The molecule has 5 rings (SSSR count). The number of amides is 3. The second-order valence-corrected chi connectivity index (χ2v) is 15.0. The lowest BCUT2D eigenvalue weighted by Gasteiger charge is -2.37. The van der Waals surface area contributed by atoms with Crippen molar-refractivity contribution in [1.29, 1.82) is 0 Å². The Labute approximate surface area is 304 Å². The van der Waals surface area contributed by atoms with Gasteiger partial charge in [0.25, 0.3) is 5.91 Å². The molecule has 1 fully saturated rings. The molecule has 0 atom stereocenters. The lowest BCUT2D eigenvalue weighted by Crippen LogP contribution is -2.45. The number of anilines is 2. The molecule has 0 unspecified atom stereocenters. The van der Waals surface area contributed by atoms with E-state index in [1.54, 1.807) is 14.2 Å². The van der Waals surface area contributed by atoms with E-state index < -0.39 is 10.8 Å². The van der Waals surface area contributed by atoms with E-state index >= 15 is 0 Å². The predicted octanol–water partition coefficient (Wildman–Crippen LogP) is 7.07. The molecule has 1 saturated carbocycles. The number of methoxy groups -OCH3 is 2. The molecular weight excluding hydrogens is 646 g/mol. The number of fused-ring (bicyclic) bond motifs is 2. The number of rotatable bonds is 13. The topological polar surface area (TPSA) is 114 Å². The number of hydrogen-bond acceptors (Lipinski definition) is 7. The largest absolute Gasteiger partial charge is 0.385 e. The normalized spacial score (nSPS) is 17.2. The van der Waals surface area contributed by atoms with Crippen molar-refractivity contribution in [1.82, 2.24) is 4.90 Å². The second-order valence-electron chi connectivity index (χ2n) is 15.0. The summed E-state index contributed by atoms with van der Waals surface area (Å²) in [6.45, 7) is 15.1. The Balaban J connectivity index is 0.000000284. The van der Waals surface area contributed by atoms with E-state index in [0.29, 0.717) is 24.8 Å². The van der Waals surface area contributed by atoms with E-state index in [4.69, 9.17) is 19.1 Å². The van der Waals surface area contributed by atoms with Crippen molar-refractivity contribution in [3.63, 3.8) is 0 Å². The van der Waals surface area contributed by atoms with Gasteiger partial charge in [-0.1, -0.05) is 43.5 Å². The van der Waals surface area contributed by atoms with Crippen molar-refractivity contribution >= 4 is 35.2 Å². The highest BCUT2D eigenvalue weighted by atomic mass is 16.5. The van der Waals surface area contributed by atoms with E-state index in [1.165, 1.54) is 19.3 Å². The third-order valence-electron chi connectivity index (χ3n) is 10.4. The van der Waals surface area contributed by atoms with E-state index in [2.05, 4.69) is 24.8 Å². The Bertz CT molecular complexity index is 1510. The summed E-state index contributed by atoms with van der Waals surface area (Å²) in [6, 6.07) is 14.5. The van der Waals surface area contributed by atoms with Gasteiger partial charge in [-0.15, -0.1) is 0 Å². The van der Waals surface area contributed by atoms with Crippen LogP contribution in [-0.2, 0) is 39.5 Å². The van der Waals surface area contributed by atoms with Crippen LogP contribution in [0.15, 0.2) is 42.5 Å². The number of hydrogen-bond donors (Lipinski definition) is 0. The van der Waals surface area contributed by atoms with Crippen LogP contribution in [0.1, 0.15) is 121 Å². The molecule has 2 aliphatic heterocycles. The van der Waals surface area contributed by atoms with Crippen LogP contribution in [-0.4, -0.2) is 81.4 Å². The predicted molar refractivity (Wildman–Crippen MR) is 199 cm³/mol. The molecule has 2 heterocycles. The molecule has 3 aliphatic rings. The average molecular weight is 706 g/mol. The summed E-state index contributed by atoms with van der Waals surface area (Å²) in [4.78, 5) is 61.2. The summed E-state index contributed by atoms with van der Waals surface area (Å²) in [7, 11) is 3.41. The molecule has 0 radical (unpaired) electrons. The maximum atomic E-state index is 13.5. The standard InChI is InChI=1S/C25H38N2O3.C15H21NO2.CO2/c1-18(2)27(20-11-7-6-8-12-20)23(28)19-13-14-21-22(17-19)26(15-9-10-16-30-5)24(29)25(21,3)4;1-15(2)12-8-4-5-9-13(12)16(14(15)17)10-6-7-11-18-3;2-1-3/h13-14,17-18,20H,6-12,15-16H2,1-5H3;4-5,8-9H,6-7,10-11H2,1-3H3;. The number of nitrogens with zero attached hydrogens (tertiary/aromatic N) is 3. The van der Waals surface area contributed by atoms with E-state index in [1.807, 2.05) is 73.9 Å². The minimum Gasteiger partial charge on any atom is -0.385 e. The lowest BCUT2D eigenvalue weighted by molar-refractivity contribution is -0.191. The average Bonchev–Trinajstić information content (AvgIpc) is 3.42. The van der Waals surface area contributed by atoms with Crippen LogP contribution in [0.3, 0.4) is 0 Å². The van der Waals surface area contributed by atoms with Gasteiger partial charge in [0.05, 0.1) is 10.8 Å². The van der Waals surface area contributed by atoms with Crippen LogP contribution in [0, 0.1) is 0 Å². The van der Waals surface area contributed by atoms with Crippen molar-refractivity contribution < 1.29 is 33.4 Å². The van der Waals surface area contributed by atoms with Gasteiger partial charge in [0.15, 0.2) is 0 Å². The summed E-state index contributed by atoms with van der Waals surface area (Å²) < 4.78 is 10.2. The zero-order valence-electron chi connectivity index (χ0n) is 32.1. The number of carbonyl (C=O) groups excluding carboxylic acids is 5. The number of para-hydroxylation sites is 1. The van der Waals surface area contributed by atoms with Crippen molar-refractivity contribution in [2.45, 2.75) is 122 Å². The SMILES string of the molecule is COCCCCN1C(=O)C(C)(C)c2ccc(C(=O)N(C(C)C)C3CCCCC3)cc21.COCCCCN1C(=O)C(C)(C)c2ccccc21.O=C=O. The van der Waals surface area contributed by atoms with Crippen molar-refractivity contribution in [2.24, 2.45) is 0 Å². The van der Waals surface area contributed by atoms with Gasteiger partial charge < -0.3 is 24.2 Å². The van der Waals surface area contributed by atoms with Gasteiger partial charge in [-0.25, -0.2) is 0 Å². The monoisotopic (exact) mass is 705 g/mol. The molecule has 0 spiro atoms. The third kappa shape index (κ3) is 9.73. The third-order valence-corrected chi connectivity index (χ3v) is 10.4. The first kappa shape index (κ1) is 41.6. The summed E-state index contributed by atoms with van der Waals surface area (Å²) in [6.07, 6.45) is 9.85. The van der Waals surface area contributed by atoms with Crippen LogP contribution in [0.2, 0.25) is 0 Å². The van der Waals surface area contributed by atoms with Gasteiger partial charge in [-0.3, -0.25) is 14.4 Å². The lowest BCUT2D eigenvalue weighted by atomic mass is 9.85. The van der Waals surface area contributed by atoms with Gasteiger partial charge in [0.2, 0.25) is 11.8 Å². The first-order valence-corrected chi connectivity index (χ1v) is 18.5. The zero-order chi connectivity index (χ0) is 37.8. The molecule has 10 nitrogen and oxygen atoms in total. The van der Waals surface area contributed by atoms with Crippen molar-refractivity contribution in [3.05, 3.63) is 59.2 Å². The molecule has 1 aliphatic carbocycles. The Morgan fingerprint density at radius 3 is 1.78 bits per heavy atom.